The van der Waals surface area contributed by atoms with Gasteiger partial charge in [0, 0.05) is 31.9 Å². The third kappa shape index (κ3) is 2.80. The largest absolute Gasteiger partial charge is 0.308 e. The third-order valence-corrected chi connectivity index (χ3v) is 3.43. The molecule has 0 saturated carbocycles. The van der Waals surface area contributed by atoms with E-state index in [1.54, 1.807) is 4.68 Å². The van der Waals surface area contributed by atoms with Crippen molar-refractivity contribution in [3.8, 4) is 0 Å². The van der Waals surface area contributed by atoms with Crippen LogP contribution in [0.2, 0.25) is 0 Å². The summed E-state index contributed by atoms with van der Waals surface area (Å²) in [7, 11) is 4.09. The van der Waals surface area contributed by atoms with Crippen molar-refractivity contribution in [3.63, 3.8) is 0 Å². The molecule has 1 aliphatic heterocycles. The number of nitrogens with one attached hydrogen (secondary N) is 1. The summed E-state index contributed by atoms with van der Waals surface area (Å²) in [5, 5.41) is 11.6. The van der Waals surface area contributed by atoms with Gasteiger partial charge in [-0.05, 0) is 33.4 Å². The van der Waals surface area contributed by atoms with Gasteiger partial charge in [0.05, 0.1) is 5.69 Å². The molecule has 1 aromatic heterocycles. The van der Waals surface area contributed by atoms with E-state index in [4.69, 9.17) is 0 Å². The van der Waals surface area contributed by atoms with Crippen molar-refractivity contribution < 1.29 is 0 Å². The Morgan fingerprint density at radius 1 is 1.50 bits per heavy atom. The normalized spacial score (nSPS) is 27.2. The number of aromatic nitrogens is 3. The van der Waals surface area contributed by atoms with Crippen LogP contribution in [0.4, 0.5) is 0 Å². The van der Waals surface area contributed by atoms with Gasteiger partial charge >= 0.3 is 0 Å². The van der Waals surface area contributed by atoms with E-state index in [-0.39, 0.29) is 0 Å². The van der Waals surface area contributed by atoms with Crippen molar-refractivity contribution in [3.05, 3.63) is 11.9 Å². The fourth-order valence-corrected chi connectivity index (χ4v) is 2.20. The molecular formula is C11H21N5. The Balaban J connectivity index is 1.78. The highest BCUT2D eigenvalue weighted by Gasteiger charge is 2.22. The topological polar surface area (TPSA) is 46.0 Å². The van der Waals surface area contributed by atoms with Gasteiger partial charge in [-0.1, -0.05) is 5.21 Å². The molecule has 0 spiro atoms. The fraction of sp³-hybridized carbons (Fsp3) is 0.818. The van der Waals surface area contributed by atoms with Gasteiger partial charge in [-0.15, -0.1) is 5.10 Å². The van der Waals surface area contributed by atoms with Crippen LogP contribution in [0, 0.1) is 0 Å². The number of likely N-dealkylation sites (tertiary alicyclic amines) is 1. The molecule has 1 aliphatic rings. The Hall–Kier alpha value is -0.940. The van der Waals surface area contributed by atoms with E-state index in [0.29, 0.717) is 12.1 Å². The minimum atomic E-state index is 0.619. The molecule has 1 aromatic rings. The molecule has 5 heteroatoms. The van der Waals surface area contributed by atoms with Gasteiger partial charge in [-0.25, -0.2) is 0 Å². The summed E-state index contributed by atoms with van der Waals surface area (Å²) >= 11 is 0. The number of hydrogen-bond donors (Lipinski definition) is 1. The lowest BCUT2D eigenvalue weighted by Crippen LogP contribution is -2.45. The average Bonchev–Trinajstić information content (AvgIpc) is 2.66. The maximum atomic E-state index is 4.07. The summed E-state index contributed by atoms with van der Waals surface area (Å²) in [5.74, 6) is 0. The van der Waals surface area contributed by atoms with Crippen molar-refractivity contribution >= 4 is 0 Å². The Morgan fingerprint density at radius 3 is 2.94 bits per heavy atom. The van der Waals surface area contributed by atoms with Crippen LogP contribution in [0.25, 0.3) is 0 Å². The molecule has 0 aromatic carbocycles. The molecule has 1 N–H and O–H groups in total. The highest BCUT2D eigenvalue weighted by Crippen LogP contribution is 2.15. The van der Waals surface area contributed by atoms with Crippen molar-refractivity contribution in [2.24, 2.45) is 7.05 Å². The number of aryl methyl sites for hydroxylation is 1. The molecular weight excluding hydrogens is 202 g/mol. The SMILES string of the molecule is CC1CC(NCc2cn(C)nn2)CCN1C. The minimum absolute atomic E-state index is 0.619. The molecule has 2 atom stereocenters. The zero-order valence-corrected chi connectivity index (χ0v) is 10.3. The molecule has 2 unspecified atom stereocenters. The molecule has 2 rings (SSSR count). The van der Waals surface area contributed by atoms with Crippen LogP contribution >= 0.6 is 0 Å². The van der Waals surface area contributed by atoms with Crippen LogP contribution in [0.1, 0.15) is 25.5 Å². The Labute approximate surface area is 96.8 Å². The summed E-state index contributed by atoms with van der Waals surface area (Å²) in [6.07, 6.45) is 4.41. The van der Waals surface area contributed by atoms with Crippen LogP contribution < -0.4 is 5.32 Å². The monoisotopic (exact) mass is 223 g/mol. The first-order valence-electron chi connectivity index (χ1n) is 5.94. The summed E-state index contributed by atoms with van der Waals surface area (Å²) in [5.41, 5.74) is 1.02. The van der Waals surface area contributed by atoms with E-state index < -0.39 is 0 Å². The van der Waals surface area contributed by atoms with Gasteiger partial charge < -0.3 is 10.2 Å². The Kier molecular flexibility index (Phi) is 3.56. The molecule has 2 heterocycles. The number of nitrogens with zero attached hydrogens (tertiary/aromatic N) is 4. The molecule has 0 amide bonds. The summed E-state index contributed by atoms with van der Waals surface area (Å²) in [4.78, 5) is 2.42. The molecule has 90 valence electrons. The molecule has 5 nitrogen and oxygen atoms in total. The first-order chi connectivity index (χ1) is 7.65. The minimum Gasteiger partial charge on any atom is -0.308 e. The third-order valence-electron chi connectivity index (χ3n) is 3.43. The summed E-state index contributed by atoms with van der Waals surface area (Å²) in [6, 6.07) is 1.29. The number of rotatable bonds is 3. The molecule has 0 bridgehead atoms. The van der Waals surface area contributed by atoms with E-state index >= 15 is 0 Å². The van der Waals surface area contributed by atoms with E-state index in [2.05, 4.69) is 34.5 Å². The van der Waals surface area contributed by atoms with Gasteiger partial charge in [0.25, 0.3) is 0 Å². The van der Waals surface area contributed by atoms with E-state index in [1.165, 1.54) is 19.4 Å². The van der Waals surface area contributed by atoms with Crippen molar-refractivity contribution in [1.29, 1.82) is 0 Å². The molecule has 0 radical (unpaired) electrons. The van der Waals surface area contributed by atoms with Gasteiger partial charge in [0.2, 0.25) is 0 Å². The molecule has 16 heavy (non-hydrogen) atoms. The second-order valence-electron chi connectivity index (χ2n) is 4.82. The van der Waals surface area contributed by atoms with Gasteiger partial charge in [-0.2, -0.15) is 0 Å². The maximum absolute atomic E-state index is 4.07. The van der Waals surface area contributed by atoms with E-state index in [9.17, 15) is 0 Å². The Morgan fingerprint density at radius 2 is 2.31 bits per heavy atom. The van der Waals surface area contributed by atoms with E-state index in [1.807, 2.05) is 13.2 Å². The van der Waals surface area contributed by atoms with Crippen molar-refractivity contribution in [2.45, 2.75) is 38.4 Å². The lowest BCUT2D eigenvalue weighted by Gasteiger charge is -2.35. The quantitative estimate of drug-likeness (QED) is 0.805. The Bertz CT molecular complexity index is 335. The first-order valence-corrected chi connectivity index (χ1v) is 5.94. The smallest absolute Gasteiger partial charge is 0.0964 e. The first kappa shape index (κ1) is 11.5. The zero-order chi connectivity index (χ0) is 11.5. The second kappa shape index (κ2) is 4.93. The van der Waals surface area contributed by atoms with Crippen molar-refractivity contribution in [1.82, 2.24) is 25.2 Å². The lowest BCUT2D eigenvalue weighted by molar-refractivity contribution is 0.168. The predicted molar refractivity (Wildman–Crippen MR) is 63.0 cm³/mol. The van der Waals surface area contributed by atoms with Crippen molar-refractivity contribution in [2.75, 3.05) is 13.6 Å². The highest BCUT2D eigenvalue weighted by molar-refractivity contribution is 4.92. The second-order valence-corrected chi connectivity index (χ2v) is 4.82. The van der Waals surface area contributed by atoms with Crippen LogP contribution in [0.5, 0.6) is 0 Å². The lowest BCUT2D eigenvalue weighted by atomic mass is 9.99. The maximum Gasteiger partial charge on any atom is 0.0964 e. The molecule has 1 fully saturated rings. The number of hydrogen-bond acceptors (Lipinski definition) is 4. The zero-order valence-electron chi connectivity index (χ0n) is 10.3. The van der Waals surface area contributed by atoms with Crippen LogP contribution in [-0.2, 0) is 13.6 Å². The fourth-order valence-electron chi connectivity index (χ4n) is 2.20. The highest BCUT2D eigenvalue weighted by atomic mass is 15.4. The van der Waals surface area contributed by atoms with Crippen LogP contribution in [0.3, 0.4) is 0 Å². The summed E-state index contributed by atoms with van der Waals surface area (Å²) in [6.45, 7) is 4.30. The van der Waals surface area contributed by atoms with Gasteiger partial charge in [-0.3, -0.25) is 4.68 Å². The predicted octanol–water partition coefficient (Wildman–Crippen LogP) is 0.387. The summed E-state index contributed by atoms with van der Waals surface area (Å²) < 4.78 is 1.74. The van der Waals surface area contributed by atoms with Gasteiger partial charge in [0.15, 0.2) is 0 Å². The van der Waals surface area contributed by atoms with Crippen LogP contribution in [0.15, 0.2) is 6.20 Å². The standard InChI is InChI=1S/C11H21N5/c1-9-6-10(4-5-15(9)2)12-7-11-8-16(3)14-13-11/h8-10,12H,4-7H2,1-3H3. The average molecular weight is 223 g/mol. The number of piperidine rings is 1. The molecule has 1 saturated heterocycles. The molecule has 0 aliphatic carbocycles. The van der Waals surface area contributed by atoms with Crippen LogP contribution in [-0.4, -0.2) is 45.6 Å². The van der Waals surface area contributed by atoms with E-state index in [0.717, 1.165) is 12.2 Å². The van der Waals surface area contributed by atoms with Gasteiger partial charge in [0.1, 0.15) is 0 Å².